The molecule has 1 heterocycles. The monoisotopic (exact) mass is 311 g/mol. The average Bonchev–Trinajstić information content (AvgIpc) is 2.65. The maximum absolute atomic E-state index is 6.29. The molecule has 1 aromatic carbocycles. The summed E-state index contributed by atoms with van der Waals surface area (Å²) in [5, 5.41) is 5.83. The van der Waals surface area contributed by atoms with E-state index in [2.05, 4.69) is 30.0 Å². The Balaban J connectivity index is 2.20. The van der Waals surface area contributed by atoms with Crippen molar-refractivity contribution < 1.29 is 0 Å². The molecule has 2 rings (SSSR count). The molecule has 1 aromatic heterocycles. The van der Waals surface area contributed by atoms with E-state index in [0.29, 0.717) is 5.15 Å². The first-order valence-electron chi connectivity index (χ1n) is 6.54. The van der Waals surface area contributed by atoms with Crippen LogP contribution in [0.5, 0.6) is 0 Å². The fraction of sp³-hybridized carbons (Fsp3) is 0.400. The molecule has 0 aliphatic heterocycles. The molecule has 108 valence electrons. The van der Waals surface area contributed by atoms with Crippen LogP contribution in [0.1, 0.15) is 29.8 Å². The maximum Gasteiger partial charge on any atom is 0.131 e. The molecular formula is C15H19Cl2N3. The van der Waals surface area contributed by atoms with Crippen LogP contribution in [0.3, 0.4) is 0 Å². The molecule has 1 unspecified atom stereocenters. The quantitative estimate of drug-likeness (QED) is 0.842. The molecule has 2 aromatic rings. The number of halogens is 2. The lowest BCUT2D eigenvalue weighted by Gasteiger charge is -2.25. The van der Waals surface area contributed by atoms with Gasteiger partial charge in [-0.3, -0.25) is 9.58 Å². The summed E-state index contributed by atoms with van der Waals surface area (Å²) in [5.74, 6) is 0. The van der Waals surface area contributed by atoms with Gasteiger partial charge in [-0.05, 0) is 32.5 Å². The summed E-state index contributed by atoms with van der Waals surface area (Å²) in [6, 6.07) is 8.14. The van der Waals surface area contributed by atoms with Crippen molar-refractivity contribution in [2.75, 3.05) is 7.05 Å². The standard InChI is InChI=1S/C15H19Cl2N3/c1-10-13(15(17)20(4)18-10)9-19(3)11(2)12-7-5-6-8-14(12)16/h5-8,11H,9H2,1-4H3. The predicted octanol–water partition coefficient (Wildman–Crippen LogP) is 4.23. The largest absolute Gasteiger partial charge is 0.295 e. The topological polar surface area (TPSA) is 21.1 Å². The van der Waals surface area contributed by atoms with Gasteiger partial charge in [0.1, 0.15) is 5.15 Å². The average molecular weight is 312 g/mol. The number of hydrogen-bond acceptors (Lipinski definition) is 2. The lowest BCUT2D eigenvalue weighted by Crippen LogP contribution is -2.22. The number of aryl methyl sites for hydroxylation is 2. The van der Waals surface area contributed by atoms with Crippen molar-refractivity contribution >= 4 is 23.2 Å². The second-order valence-electron chi connectivity index (χ2n) is 5.09. The van der Waals surface area contributed by atoms with Gasteiger partial charge in [0, 0.05) is 30.2 Å². The molecule has 0 saturated heterocycles. The van der Waals surface area contributed by atoms with Crippen LogP contribution in [-0.2, 0) is 13.6 Å². The molecule has 1 atom stereocenters. The number of nitrogens with zero attached hydrogens (tertiary/aromatic N) is 3. The third-order valence-corrected chi connectivity index (χ3v) is 4.51. The van der Waals surface area contributed by atoms with Gasteiger partial charge in [0.05, 0.1) is 5.69 Å². The molecule has 0 saturated carbocycles. The molecule has 0 aliphatic carbocycles. The number of benzene rings is 1. The van der Waals surface area contributed by atoms with E-state index < -0.39 is 0 Å². The highest BCUT2D eigenvalue weighted by Crippen LogP contribution is 2.29. The SMILES string of the molecule is Cc1nn(C)c(Cl)c1CN(C)C(C)c1ccccc1Cl. The molecule has 5 heteroatoms. The van der Waals surface area contributed by atoms with E-state index in [0.717, 1.165) is 28.4 Å². The molecular weight excluding hydrogens is 293 g/mol. The van der Waals surface area contributed by atoms with Gasteiger partial charge in [-0.1, -0.05) is 41.4 Å². The van der Waals surface area contributed by atoms with Crippen molar-refractivity contribution in [3.63, 3.8) is 0 Å². The first-order valence-corrected chi connectivity index (χ1v) is 7.30. The minimum Gasteiger partial charge on any atom is -0.295 e. The molecule has 0 aliphatic rings. The number of aromatic nitrogens is 2. The second kappa shape index (κ2) is 6.17. The number of hydrogen-bond donors (Lipinski definition) is 0. The molecule has 0 spiro atoms. The van der Waals surface area contributed by atoms with Crippen LogP contribution in [0.2, 0.25) is 10.2 Å². The van der Waals surface area contributed by atoms with E-state index in [9.17, 15) is 0 Å². The summed E-state index contributed by atoms with van der Waals surface area (Å²) in [6.45, 7) is 4.86. The van der Waals surface area contributed by atoms with Crippen LogP contribution in [0, 0.1) is 6.92 Å². The van der Waals surface area contributed by atoms with E-state index in [1.807, 2.05) is 32.2 Å². The minimum atomic E-state index is 0.208. The van der Waals surface area contributed by atoms with E-state index in [1.165, 1.54) is 0 Å². The minimum absolute atomic E-state index is 0.208. The Morgan fingerprint density at radius 1 is 1.30 bits per heavy atom. The van der Waals surface area contributed by atoms with Crippen molar-refractivity contribution in [1.29, 1.82) is 0 Å². The third-order valence-electron chi connectivity index (χ3n) is 3.69. The highest BCUT2D eigenvalue weighted by molar-refractivity contribution is 6.31. The van der Waals surface area contributed by atoms with Gasteiger partial charge in [-0.2, -0.15) is 5.10 Å². The third kappa shape index (κ3) is 3.00. The second-order valence-corrected chi connectivity index (χ2v) is 5.86. The van der Waals surface area contributed by atoms with Gasteiger partial charge >= 0.3 is 0 Å². The summed E-state index contributed by atoms with van der Waals surface area (Å²) < 4.78 is 1.71. The van der Waals surface area contributed by atoms with Crippen LogP contribution in [0.15, 0.2) is 24.3 Å². The fourth-order valence-corrected chi connectivity index (χ4v) is 2.82. The first-order chi connectivity index (χ1) is 9.41. The molecule has 0 fully saturated rings. The van der Waals surface area contributed by atoms with Crippen LogP contribution in [0.25, 0.3) is 0 Å². The Morgan fingerprint density at radius 2 is 1.95 bits per heavy atom. The Kier molecular flexibility index (Phi) is 4.74. The van der Waals surface area contributed by atoms with E-state index in [-0.39, 0.29) is 6.04 Å². The van der Waals surface area contributed by atoms with E-state index >= 15 is 0 Å². The van der Waals surface area contributed by atoms with E-state index in [4.69, 9.17) is 23.2 Å². The number of rotatable bonds is 4. The first kappa shape index (κ1) is 15.4. The Morgan fingerprint density at radius 3 is 2.50 bits per heavy atom. The van der Waals surface area contributed by atoms with Gasteiger partial charge < -0.3 is 0 Å². The molecule has 20 heavy (non-hydrogen) atoms. The van der Waals surface area contributed by atoms with Crippen LogP contribution >= 0.6 is 23.2 Å². The summed E-state index contributed by atoms with van der Waals surface area (Å²) in [6.07, 6.45) is 0. The van der Waals surface area contributed by atoms with Gasteiger partial charge in [0.25, 0.3) is 0 Å². The van der Waals surface area contributed by atoms with Crippen LogP contribution in [0.4, 0.5) is 0 Å². The van der Waals surface area contributed by atoms with Crippen molar-refractivity contribution in [1.82, 2.24) is 14.7 Å². The lowest BCUT2D eigenvalue weighted by atomic mass is 10.1. The van der Waals surface area contributed by atoms with Crippen LogP contribution in [-0.4, -0.2) is 21.7 Å². The van der Waals surface area contributed by atoms with Crippen molar-refractivity contribution in [3.8, 4) is 0 Å². The highest BCUT2D eigenvalue weighted by Gasteiger charge is 2.18. The van der Waals surface area contributed by atoms with Gasteiger partial charge in [0.2, 0.25) is 0 Å². The zero-order valence-corrected chi connectivity index (χ0v) is 13.7. The Bertz CT molecular complexity index is 607. The van der Waals surface area contributed by atoms with Crippen molar-refractivity contribution in [2.24, 2.45) is 7.05 Å². The predicted molar refractivity (Wildman–Crippen MR) is 84.3 cm³/mol. The Labute approximate surface area is 130 Å². The molecule has 0 bridgehead atoms. The van der Waals surface area contributed by atoms with Gasteiger partial charge in [0.15, 0.2) is 0 Å². The normalized spacial score (nSPS) is 12.9. The Hall–Kier alpha value is -1.03. The highest BCUT2D eigenvalue weighted by atomic mass is 35.5. The van der Waals surface area contributed by atoms with Crippen molar-refractivity contribution in [3.05, 3.63) is 51.3 Å². The molecule has 0 amide bonds. The maximum atomic E-state index is 6.29. The molecule has 3 nitrogen and oxygen atoms in total. The summed E-state index contributed by atoms with van der Waals surface area (Å²) in [4.78, 5) is 2.22. The van der Waals surface area contributed by atoms with Gasteiger partial charge in [-0.15, -0.1) is 0 Å². The summed E-state index contributed by atoms with van der Waals surface area (Å²) >= 11 is 12.6. The fourth-order valence-electron chi connectivity index (χ4n) is 2.29. The van der Waals surface area contributed by atoms with Gasteiger partial charge in [-0.25, -0.2) is 0 Å². The lowest BCUT2D eigenvalue weighted by molar-refractivity contribution is 0.252. The zero-order chi connectivity index (χ0) is 14.9. The van der Waals surface area contributed by atoms with E-state index in [1.54, 1.807) is 4.68 Å². The molecule has 0 radical (unpaired) electrons. The van der Waals surface area contributed by atoms with Crippen molar-refractivity contribution in [2.45, 2.75) is 26.4 Å². The molecule has 0 N–H and O–H groups in total. The summed E-state index contributed by atoms with van der Waals surface area (Å²) in [5.41, 5.74) is 3.15. The summed E-state index contributed by atoms with van der Waals surface area (Å²) in [7, 11) is 3.92. The van der Waals surface area contributed by atoms with Crippen LogP contribution < -0.4 is 0 Å². The smallest absolute Gasteiger partial charge is 0.131 e. The zero-order valence-electron chi connectivity index (χ0n) is 12.2.